The molecule has 0 radical (unpaired) electrons. The van der Waals surface area contributed by atoms with Crippen molar-refractivity contribution in [2.75, 3.05) is 27.3 Å². The van der Waals surface area contributed by atoms with Gasteiger partial charge in [-0.05, 0) is 36.6 Å². The Labute approximate surface area is 199 Å². The maximum Gasteiger partial charge on any atom is 0.230 e. The largest absolute Gasteiger partial charge is 0.493 e. The summed E-state index contributed by atoms with van der Waals surface area (Å²) in [4.78, 5) is 28.4. The molecule has 0 saturated carbocycles. The van der Waals surface area contributed by atoms with E-state index in [0.29, 0.717) is 37.6 Å². The number of carbonyl (C=O) groups excluding carboxylic acids is 2. The van der Waals surface area contributed by atoms with E-state index in [2.05, 4.69) is 5.32 Å². The minimum atomic E-state index is -0.703. The molecular weight excluding hydrogens is 432 g/mol. The number of benzene rings is 2. The average molecular weight is 463 g/mol. The van der Waals surface area contributed by atoms with Gasteiger partial charge >= 0.3 is 0 Å². The number of methoxy groups -OCH3 is 2. The molecule has 2 saturated heterocycles. The van der Waals surface area contributed by atoms with Crippen LogP contribution in [0.4, 0.5) is 0 Å². The van der Waals surface area contributed by atoms with E-state index in [9.17, 15) is 9.59 Å². The van der Waals surface area contributed by atoms with Gasteiger partial charge in [-0.25, -0.2) is 0 Å². The predicted octanol–water partition coefficient (Wildman–Crippen LogP) is 2.65. The molecule has 7 heteroatoms. The van der Waals surface area contributed by atoms with Crippen LogP contribution in [0.25, 0.3) is 0 Å². The highest BCUT2D eigenvalue weighted by Crippen LogP contribution is 2.51. The van der Waals surface area contributed by atoms with Gasteiger partial charge in [0.15, 0.2) is 11.5 Å². The molecule has 2 amide bonds. The second-order valence-corrected chi connectivity index (χ2v) is 9.30. The summed E-state index contributed by atoms with van der Waals surface area (Å²) in [5.74, 6) is 0.213. The number of likely N-dealkylation sites (tertiary alicyclic amines) is 1. The summed E-state index contributed by atoms with van der Waals surface area (Å²) in [5.41, 5.74) is 2.55. The van der Waals surface area contributed by atoms with Crippen LogP contribution in [-0.4, -0.2) is 55.7 Å². The molecule has 0 unspecified atom stereocenters. The van der Waals surface area contributed by atoms with Crippen LogP contribution in [0.1, 0.15) is 16.7 Å². The van der Waals surface area contributed by atoms with Gasteiger partial charge in [0.1, 0.15) is 5.60 Å². The Morgan fingerprint density at radius 2 is 1.85 bits per heavy atom. The Bertz CT molecular complexity index is 1130. The third-order valence-corrected chi connectivity index (χ3v) is 7.19. The van der Waals surface area contributed by atoms with Crippen LogP contribution in [0.5, 0.6) is 11.5 Å². The lowest BCUT2D eigenvalue weighted by Crippen LogP contribution is -2.44. The molecule has 0 aliphatic carbocycles. The molecule has 2 fully saturated rings. The number of ether oxygens (including phenoxy) is 3. The Balaban J connectivity index is 1.25. The summed E-state index contributed by atoms with van der Waals surface area (Å²) in [7, 11) is 3.21. The van der Waals surface area contributed by atoms with Crippen molar-refractivity contribution in [2.45, 2.75) is 31.6 Å². The number of fused-ring (bicyclic) bond motifs is 1. The fourth-order valence-electron chi connectivity index (χ4n) is 5.38. The zero-order valence-corrected chi connectivity index (χ0v) is 19.7. The van der Waals surface area contributed by atoms with E-state index in [0.717, 1.165) is 11.1 Å². The van der Waals surface area contributed by atoms with Crippen molar-refractivity contribution >= 4 is 11.8 Å². The summed E-state index contributed by atoms with van der Waals surface area (Å²) in [6.07, 6.45) is 4.25. The lowest BCUT2D eigenvalue weighted by molar-refractivity contribution is -0.137. The molecule has 2 aromatic carbocycles. The molecule has 3 aliphatic heterocycles. The molecule has 7 nitrogen and oxygen atoms in total. The van der Waals surface area contributed by atoms with Gasteiger partial charge in [-0.3, -0.25) is 9.59 Å². The third kappa shape index (κ3) is 3.84. The summed E-state index contributed by atoms with van der Waals surface area (Å²) >= 11 is 0. The van der Waals surface area contributed by atoms with Gasteiger partial charge in [0.05, 0.1) is 38.7 Å². The molecule has 0 aromatic heterocycles. The van der Waals surface area contributed by atoms with E-state index in [4.69, 9.17) is 14.2 Å². The molecule has 2 bridgehead atoms. The number of nitrogens with zero attached hydrogens (tertiary/aromatic N) is 1. The van der Waals surface area contributed by atoms with Gasteiger partial charge < -0.3 is 24.4 Å². The summed E-state index contributed by atoms with van der Waals surface area (Å²) in [5, 5.41) is 3.02. The Hall–Kier alpha value is -3.32. The van der Waals surface area contributed by atoms with Crippen LogP contribution in [0.2, 0.25) is 0 Å². The molecular formula is C27H30N2O5. The fourth-order valence-corrected chi connectivity index (χ4v) is 5.38. The number of hydrogen-bond donors (Lipinski definition) is 1. The summed E-state index contributed by atoms with van der Waals surface area (Å²) in [6, 6.07) is 13.8. The minimum absolute atomic E-state index is 0.0113. The number of hydrogen-bond acceptors (Lipinski definition) is 5. The lowest BCUT2D eigenvalue weighted by Gasteiger charge is -2.23. The zero-order valence-electron chi connectivity index (χ0n) is 19.7. The number of nitrogens with one attached hydrogen (secondary N) is 1. The Morgan fingerprint density at radius 1 is 1.12 bits per heavy atom. The quantitative estimate of drug-likeness (QED) is 0.611. The average Bonchev–Trinajstić information content (AvgIpc) is 3.50. The van der Waals surface area contributed by atoms with E-state index in [-0.39, 0.29) is 17.9 Å². The SMILES string of the molecule is COc1ccc(CCN2C[C@]34C=C[C@H](O3)[C@H](C(=O)NCc3ccc(C)cc3)[C@H]4C2=O)cc1OC. The van der Waals surface area contributed by atoms with Gasteiger partial charge in [0.2, 0.25) is 11.8 Å². The van der Waals surface area contributed by atoms with E-state index in [1.165, 1.54) is 5.56 Å². The van der Waals surface area contributed by atoms with Crippen LogP contribution in [0.3, 0.4) is 0 Å². The number of amides is 2. The van der Waals surface area contributed by atoms with Gasteiger partial charge in [0.25, 0.3) is 0 Å². The first kappa shape index (κ1) is 22.5. The molecule has 3 aliphatic rings. The Kier molecular flexibility index (Phi) is 5.81. The molecule has 1 spiro atoms. The molecule has 34 heavy (non-hydrogen) atoms. The van der Waals surface area contributed by atoms with Crippen LogP contribution >= 0.6 is 0 Å². The van der Waals surface area contributed by atoms with Gasteiger partial charge in [0, 0.05) is 13.1 Å². The van der Waals surface area contributed by atoms with Gasteiger partial charge in [-0.2, -0.15) is 0 Å². The zero-order chi connectivity index (χ0) is 23.9. The van der Waals surface area contributed by atoms with E-state index in [1.54, 1.807) is 14.2 Å². The number of rotatable bonds is 8. The van der Waals surface area contributed by atoms with E-state index < -0.39 is 17.4 Å². The van der Waals surface area contributed by atoms with Crippen molar-refractivity contribution in [3.8, 4) is 11.5 Å². The van der Waals surface area contributed by atoms with Crippen LogP contribution < -0.4 is 14.8 Å². The summed E-state index contributed by atoms with van der Waals surface area (Å²) < 4.78 is 16.9. The molecule has 3 heterocycles. The topological polar surface area (TPSA) is 77.1 Å². The summed E-state index contributed by atoms with van der Waals surface area (Å²) in [6.45, 7) is 3.48. The minimum Gasteiger partial charge on any atom is -0.493 e. The lowest BCUT2D eigenvalue weighted by atomic mass is 9.77. The number of aryl methyl sites for hydroxylation is 1. The monoisotopic (exact) mass is 462 g/mol. The standard InChI is InChI=1S/C27H30N2O5/c1-17-4-6-19(7-5-17)15-28-25(30)23-21-10-12-27(34-21)16-29(26(31)24(23)27)13-11-18-8-9-20(32-2)22(14-18)33-3/h4-10,12,14,21,23-24H,11,13,15-16H2,1-3H3,(H,28,30)/t21-,23-,24-,27-/m0/s1. The highest BCUT2D eigenvalue weighted by molar-refractivity contribution is 5.93. The third-order valence-electron chi connectivity index (χ3n) is 7.19. The first-order chi connectivity index (χ1) is 16.4. The van der Waals surface area contributed by atoms with Crippen molar-refractivity contribution in [1.82, 2.24) is 10.2 Å². The van der Waals surface area contributed by atoms with E-state index >= 15 is 0 Å². The van der Waals surface area contributed by atoms with Crippen LogP contribution in [0.15, 0.2) is 54.6 Å². The smallest absolute Gasteiger partial charge is 0.230 e. The first-order valence-corrected chi connectivity index (χ1v) is 11.6. The molecule has 1 N–H and O–H groups in total. The van der Waals surface area contributed by atoms with Gasteiger partial charge in [-0.1, -0.05) is 48.0 Å². The predicted molar refractivity (Wildman–Crippen MR) is 127 cm³/mol. The van der Waals surface area contributed by atoms with E-state index in [1.807, 2.05) is 66.4 Å². The van der Waals surface area contributed by atoms with Crippen molar-refractivity contribution < 1.29 is 23.8 Å². The highest BCUT2D eigenvalue weighted by Gasteiger charge is 2.66. The van der Waals surface area contributed by atoms with Crippen molar-refractivity contribution in [2.24, 2.45) is 11.8 Å². The Morgan fingerprint density at radius 3 is 2.59 bits per heavy atom. The maximum atomic E-state index is 13.4. The second-order valence-electron chi connectivity index (χ2n) is 9.30. The molecule has 4 atom stereocenters. The molecule has 5 rings (SSSR count). The number of carbonyl (C=O) groups is 2. The van der Waals surface area contributed by atoms with Crippen LogP contribution in [-0.2, 0) is 27.3 Å². The normalized spacial score (nSPS) is 26.6. The van der Waals surface area contributed by atoms with Crippen molar-refractivity contribution in [3.05, 3.63) is 71.3 Å². The van der Waals surface area contributed by atoms with Crippen LogP contribution in [0, 0.1) is 18.8 Å². The fraction of sp³-hybridized carbons (Fsp3) is 0.407. The molecule has 178 valence electrons. The first-order valence-electron chi connectivity index (χ1n) is 11.6. The van der Waals surface area contributed by atoms with Gasteiger partial charge in [-0.15, -0.1) is 0 Å². The van der Waals surface area contributed by atoms with Crippen molar-refractivity contribution in [3.63, 3.8) is 0 Å². The highest BCUT2D eigenvalue weighted by atomic mass is 16.5. The maximum absolute atomic E-state index is 13.4. The van der Waals surface area contributed by atoms with Crippen molar-refractivity contribution in [1.29, 1.82) is 0 Å². The second kappa shape index (κ2) is 8.80. The molecule has 2 aromatic rings.